The van der Waals surface area contributed by atoms with Crippen LogP contribution < -0.4 is 0 Å². The van der Waals surface area contributed by atoms with Gasteiger partial charge in [0.2, 0.25) is 12.6 Å². The monoisotopic (exact) mass is 522 g/mol. The highest BCUT2D eigenvalue weighted by molar-refractivity contribution is 5.87. The molecule has 0 radical (unpaired) electrons. The summed E-state index contributed by atoms with van der Waals surface area (Å²) < 4.78 is 22.3. The van der Waals surface area contributed by atoms with E-state index in [2.05, 4.69) is 0 Å². The van der Waals surface area contributed by atoms with Gasteiger partial charge in [0.1, 0.15) is 24.1 Å². The summed E-state index contributed by atoms with van der Waals surface area (Å²) in [5, 5.41) is 60.4. The number of aliphatic carboxylic acids is 1. The molecule has 12 nitrogen and oxygen atoms in total. The number of aromatic hydroxyl groups is 1. The molecule has 12 heteroatoms. The van der Waals surface area contributed by atoms with E-state index in [0.717, 1.165) is 12.3 Å². The molecule has 0 aromatic heterocycles. The van der Waals surface area contributed by atoms with Gasteiger partial charge < -0.3 is 49.6 Å². The predicted molar refractivity (Wildman–Crippen MR) is 123 cm³/mol. The van der Waals surface area contributed by atoms with Crippen molar-refractivity contribution in [3.05, 3.63) is 47.7 Å². The van der Waals surface area contributed by atoms with Gasteiger partial charge in [-0.3, -0.25) is 0 Å². The zero-order valence-electron chi connectivity index (χ0n) is 19.9. The largest absolute Gasteiger partial charge is 0.508 e. The number of phenols is 1. The summed E-state index contributed by atoms with van der Waals surface area (Å²) in [4.78, 5) is 24.2. The van der Waals surface area contributed by atoms with E-state index in [-0.39, 0.29) is 17.7 Å². The SMILES string of the molecule is C[C@]1(O)CC[C@@H]2C(C(=O)O)=CO[C@@H](O[C@@H]3O[C@@H](CO)[C@@H](O)[C@@H](O)[C@H]3OC(=O)C=Cc3ccc(O)cc3)[C@@H]21. The van der Waals surface area contributed by atoms with E-state index >= 15 is 0 Å². The first-order valence-electron chi connectivity index (χ1n) is 11.8. The molecule has 0 unspecified atom stereocenters. The number of carbonyl (C=O) groups is 2. The molecule has 1 aliphatic carbocycles. The van der Waals surface area contributed by atoms with Crippen LogP contribution >= 0.6 is 0 Å². The smallest absolute Gasteiger partial charge is 0.334 e. The highest BCUT2D eigenvalue weighted by atomic mass is 16.8. The first-order chi connectivity index (χ1) is 17.5. The average Bonchev–Trinajstić information content (AvgIpc) is 3.18. The van der Waals surface area contributed by atoms with Crippen LogP contribution in [0.5, 0.6) is 5.75 Å². The van der Waals surface area contributed by atoms with Crippen LogP contribution in [0.2, 0.25) is 0 Å². The van der Waals surface area contributed by atoms with Gasteiger partial charge in [-0.25, -0.2) is 9.59 Å². The Morgan fingerprint density at radius 2 is 1.86 bits per heavy atom. The van der Waals surface area contributed by atoms with E-state index in [0.29, 0.717) is 12.0 Å². The van der Waals surface area contributed by atoms with E-state index in [4.69, 9.17) is 18.9 Å². The topological polar surface area (TPSA) is 192 Å². The lowest BCUT2D eigenvalue weighted by Crippen LogP contribution is -2.61. The van der Waals surface area contributed by atoms with Gasteiger partial charge in [-0.15, -0.1) is 0 Å². The molecular formula is C25H30O12. The third-order valence-electron chi connectivity index (χ3n) is 7.03. The maximum atomic E-state index is 12.5. The van der Waals surface area contributed by atoms with E-state index in [1.165, 1.54) is 25.1 Å². The van der Waals surface area contributed by atoms with Crippen LogP contribution in [-0.2, 0) is 28.5 Å². The van der Waals surface area contributed by atoms with E-state index in [1.54, 1.807) is 12.1 Å². The molecule has 37 heavy (non-hydrogen) atoms. The Bertz CT molecular complexity index is 1050. The summed E-state index contributed by atoms with van der Waals surface area (Å²) in [6.45, 7) is 0.850. The second-order valence-electron chi connectivity index (χ2n) is 9.58. The number of ether oxygens (including phenoxy) is 4. The average molecular weight is 523 g/mol. The van der Waals surface area contributed by atoms with Crippen LogP contribution in [0.15, 0.2) is 42.2 Å². The Labute approximate surface area is 212 Å². The molecule has 9 atom stereocenters. The van der Waals surface area contributed by atoms with Crippen molar-refractivity contribution in [2.24, 2.45) is 11.8 Å². The quantitative estimate of drug-likeness (QED) is 0.206. The zero-order valence-corrected chi connectivity index (χ0v) is 19.9. The molecule has 202 valence electrons. The standard InChI is InChI=1S/C25H30O12/c1-25(33)9-8-14-15(22(31)32)11-34-23(18(14)25)37-24-21(20(30)19(29)16(10-26)35-24)36-17(28)7-4-12-2-5-13(27)6-3-12/h2-7,11,14,16,18-21,23-24,26-27,29-30,33H,8-10H2,1H3,(H,31,32)/t14-,16+,18-,19-,20-,21-,23+,24+,25+/m1/s1. The van der Waals surface area contributed by atoms with Crippen molar-refractivity contribution in [3.8, 4) is 5.75 Å². The molecule has 6 N–H and O–H groups in total. The number of fused-ring (bicyclic) bond motifs is 1. The maximum Gasteiger partial charge on any atom is 0.334 e. The molecule has 2 aliphatic heterocycles. The van der Waals surface area contributed by atoms with Crippen LogP contribution in [0.3, 0.4) is 0 Å². The van der Waals surface area contributed by atoms with Crippen molar-refractivity contribution >= 4 is 18.0 Å². The summed E-state index contributed by atoms with van der Waals surface area (Å²) in [5.41, 5.74) is -0.792. The van der Waals surface area contributed by atoms with Crippen molar-refractivity contribution in [1.29, 1.82) is 0 Å². The molecule has 0 bridgehead atoms. The highest BCUT2D eigenvalue weighted by Gasteiger charge is 2.56. The lowest BCUT2D eigenvalue weighted by atomic mass is 9.81. The highest BCUT2D eigenvalue weighted by Crippen LogP contribution is 2.49. The summed E-state index contributed by atoms with van der Waals surface area (Å²) in [6.07, 6.45) is -4.80. The summed E-state index contributed by atoms with van der Waals surface area (Å²) in [5.74, 6) is -3.46. The second-order valence-corrected chi connectivity index (χ2v) is 9.58. The lowest BCUT2D eigenvalue weighted by molar-refractivity contribution is -0.346. The number of hydrogen-bond acceptors (Lipinski definition) is 11. The molecule has 1 saturated carbocycles. The van der Waals surface area contributed by atoms with E-state index in [9.17, 15) is 40.2 Å². The van der Waals surface area contributed by atoms with Gasteiger partial charge >= 0.3 is 11.9 Å². The number of hydrogen-bond donors (Lipinski definition) is 6. The number of carbonyl (C=O) groups excluding carboxylic acids is 1. The van der Waals surface area contributed by atoms with Crippen LogP contribution in [-0.4, -0.2) is 91.8 Å². The molecule has 0 amide bonds. The number of rotatable bonds is 7. The predicted octanol–water partition coefficient (Wildman–Crippen LogP) is -0.125. The van der Waals surface area contributed by atoms with Gasteiger partial charge in [0.05, 0.1) is 30.0 Å². The number of aliphatic hydroxyl groups excluding tert-OH is 3. The Morgan fingerprint density at radius 1 is 1.16 bits per heavy atom. The Kier molecular flexibility index (Phi) is 7.88. The Morgan fingerprint density at radius 3 is 2.51 bits per heavy atom. The van der Waals surface area contributed by atoms with E-state index in [1.807, 2.05) is 0 Å². The Hall–Kier alpha value is -3.00. The van der Waals surface area contributed by atoms with Crippen molar-refractivity contribution in [2.75, 3.05) is 6.61 Å². The molecule has 1 saturated heterocycles. The minimum atomic E-state index is -1.71. The molecule has 4 rings (SSSR count). The van der Waals surface area contributed by atoms with Crippen LogP contribution in [0.1, 0.15) is 25.3 Å². The minimum absolute atomic E-state index is 0.0155. The molecule has 2 heterocycles. The fourth-order valence-electron chi connectivity index (χ4n) is 5.04. The number of phenolic OH excluding ortho intramolecular Hbond substituents is 1. The van der Waals surface area contributed by atoms with Gasteiger partial charge in [-0.2, -0.15) is 0 Å². The van der Waals surface area contributed by atoms with Gasteiger partial charge in [-0.1, -0.05) is 12.1 Å². The molecule has 3 aliphatic rings. The maximum absolute atomic E-state index is 12.5. The van der Waals surface area contributed by atoms with Crippen molar-refractivity contribution < 1.29 is 59.2 Å². The van der Waals surface area contributed by atoms with Crippen LogP contribution in [0.4, 0.5) is 0 Å². The van der Waals surface area contributed by atoms with E-state index < -0.39 is 73.0 Å². The number of carboxylic acids is 1. The molecule has 1 aromatic carbocycles. The summed E-state index contributed by atoms with van der Waals surface area (Å²) in [7, 11) is 0. The molecule has 1 aromatic rings. The summed E-state index contributed by atoms with van der Waals surface area (Å²) in [6, 6.07) is 5.97. The molecular weight excluding hydrogens is 492 g/mol. The number of carboxylic acid groups (broad SMARTS) is 1. The molecule has 2 fully saturated rings. The number of benzene rings is 1. The van der Waals surface area contributed by atoms with Gasteiger partial charge in [0.15, 0.2) is 6.10 Å². The molecule has 0 spiro atoms. The number of aliphatic hydroxyl groups is 4. The third-order valence-corrected chi connectivity index (χ3v) is 7.03. The van der Waals surface area contributed by atoms with Crippen LogP contribution in [0.25, 0.3) is 6.08 Å². The normalized spacial score (nSPS) is 37.5. The Balaban J connectivity index is 1.55. The van der Waals surface area contributed by atoms with Crippen molar-refractivity contribution in [2.45, 2.75) is 62.4 Å². The van der Waals surface area contributed by atoms with Crippen molar-refractivity contribution in [3.63, 3.8) is 0 Å². The second kappa shape index (κ2) is 10.8. The fraction of sp³-hybridized carbons (Fsp3) is 0.520. The zero-order chi connectivity index (χ0) is 26.9. The third kappa shape index (κ3) is 5.64. The van der Waals surface area contributed by atoms with Crippen LogP contribution in [0, 0.1) is 11.8 Å². The van der Waals surface area contributed by atoms with Gasteiger partial charge in [0, 0.05) is 12.0 Å². The van der Waals surface area contributed by atoms with Crippen molar-refractivity contribution in [1.82, 2.24) is 0 Å². The first kappa shape index (κ1) is 27.0. The first-order valence-corrected chi connectivity index (χ1v) is 11.8. The summed E-state index contributed by atoms with van der Waals surface area (Å²) >= 11 is 0. The number of esters is 1. The minimum Gasteiger partial charge on any atom is -0.508 e. The van der Waals surface area contributed by atoms with Gasteiger partial charge in [-0.05, 0) is 43.5 Å². The lowest BCUT2D eigenvalue weighted by Gasteiger charge is -2.44. The fourth-order valence-corrected chi connectivity index (χ4v) is 5.04. The van der Waals surface area contributed by atoms with Gasteiger partial charge in [0.25, 0.3) is 0 Å².